The van der Waals surface area contributed by atoms with Gasteiger partial charge in [0.1, 0.15) is 10.8 Å². The summed E-state index contributed by atoms with van der Waals surface area (Å²) in [6.45, 7) is 1.73. The highest BCUT2D eigenvalue weighted by molar-refractivity contribution is 8.00. The molecule has 1 atom stereocenters. The molecule has 0 fully saturated rings. The van der Waals surface area contributed by atoms with Crippen LogP contribution in [0.1, 0.15) is 17.3 Å². The fraction of sp³-hybridized carbons (Fsp3) is 0.176. The summed E-state index contributed by atoms with van der Waals surface area (Å²) in [7, 11) is 1.77. The number of nitrogens with two attached hydrogens (primary N) is 1. The molecule has 2 heterocycles. The van der Waals surface area contributed by atoms with Crippen LogP contribution >= 0.6 is 23.1 Å². The lowest BCUT2D eigenvalue weighted by molar-refractivity contribution is -0.115. The van der Waals surface area contributed by atoms with Crippen molar-refractivity contribution < 1.29 is 14.0 Å². The highest BCUT2D eigenvalue weighted by Gasteiger charge is 2.21. The van der Waals surface area contributed by atoms with E-state index >= 15 is 0 Å². The van der Waals surface area contributed by atoms with Crippen LogP contribution in [0.5, 0.6) is 0 Å². The minimum atomic E-state index is -0.593. The van der Waals surface area contributed by atoms with Gasteiger partial charge in [-0.1, -0.05) is 11.8 Å². The number of benzene rings is 1. The van der Waals surface area contributed by atoms with Gasteiger partial charge in [-0.3, -0.25) is 9.59 Å². The van der Waals surface area contributed by atoms with Gasteiger partial charge in [-0.25, -0.2) is 4.39 Å². The summed E-state index contributed by atoms with van der Waals surface area (Å²) in [5.41, 5.74) is 6.29. The molecule has 7 nitrogen and oxygen atoms in total. The van der Waals surface area contributed by atoms with Crippen LogP contribution in [0.25, 0.3) is 11.4 Å². The lowest BCUT2D eigenvalue weighted by Gasteiger charge is -2.11. The van der Waals surface area contributed by atoms with Crippen LogP contribution in [0.15, 0.2) is 40.9 Å². The molecule has 0 aliphatic rings. The second-order valence-corrected chi connectivity index (χ2v) is 7.87. The molecular weight excluding hydrogens is 389 g/mol. The summed E-state index contributed by atoms with van der Waals surface area (Å²) in [6.07, 6.45) is 0. The first-order chi connectivity index (χ1) is 12.9. The van der Waals surface area contributed by atoms with E-state index in [4.69, 9.17) is 5.73 Å². The second kappa shape index (κ2) is 7.89. The van der Waals surface area contributed by atoms with Crippen molar-refractivity contribution in [1.82, 2.24) is 14.8 Å². The average molecular weight is 405 g/mol. The van der Waals surface area contributed by atoms with Crippen LogP contribution in [0.4, 0.5) is 9.39 Å². The van der Waals surface area contributed by atoms with E-state index in [2.05, 4.69) is 15.5 Å². The van der Waals surface area contributed by atoms with Gasteiger partial charge in [0.2, 0.25) is 5.91 Å². The molecule has 2 amide bonds. The van der Waals surface area contributed by atoms with Gasteiger partial charge < -0.3 is 15.6 Å². The first kappa shape index (κ1) is 19.1. The lowest BCUT2D eigenvalue weighted by atomic mass is 10.2. The number of hydrogen-bond donors (Lipinski definition) is 2. The number of primary amides is 1. The van der Waals surface area contributed by atoms with Gasteiger partial charge in [-0.15, -0.1) is 21.5 Å². The van der Waals surface area contributed by atoms with Gasteiger partial charge in [0.25, 0.3) is 5.91 Å². The zero-order valence-electron chi connectivity index (χ0n) is 14.5. The molecule has 2 aromatic heterocycles. The Balaban J connectivity index is 1.71. The molecule has 0 spiro atoms. The number of nitrogens with zero attached hydrogens (tertiary/aromatic N) is 3. The van der Waals surface area contributed by atoms with Crippen molar-refractivity contribution in [3.05, 3.63) is 47.1 Å². The number of hydrogen-bond acceptors (Lipinski definition) is 6. The number of carbonyl (C=O) groups excluding carboxylic acids is 2. The molecule has 0 aliphatic carbocycles. The molecule has 0 saturated carbocycles. The summed E-state index contributed by atoms with van der Waals surface area (Å²) < 4.78 is 14.8. The van der Waals surface area contributed by atoms with E-state index in [-0.39, 0.29) is 17.3 Å². The van der Waals surface area contributed by atoms with Gasteiger partial charge in [-0.2, -0.15) is 0 Å². The number of thiophene rings is 1. The molecule has 1 aromatic carbocycles. The van der Waals surface area contributed by atoms with Gasteiger partial charge in [-0.05, 0) is 42.6 Å². The third-order valence-corrected chi connectivity index (χ3v) is 5.72. The summed E-state index contributed by atoms with van der Waals surface area (Å²) in [4.78, 5) is 23.8. The maximum Gasteiger partial charge on any atom is 0.251 e. The van der Waals surface area contributed by atoms with Crippen LogP contribution in [-0.2, 0) is 11.8 Å². The van der Waals surface area contributed by atoms with Crippen LogP contribution < -0.4 is 11.1 Å². The Bertz CT molecular complexity index is 984. The Morgan fingerprint density at radius 3 is 2.63 bits per heavy atom. The van der Waals surface area contributed by atoms with Crippen molar-refractivity contribution in [2.24, 2.45) is 12.8 Å². The normalized spacial score (nSPS) is 12.0. The molecule has 0 bridgehead atoms. The number of rotatable bonds is 6. The molecule has 0 saturated heterocycles. The fourth-order valence-corrected chi connectivity index (χ4v) is 3.90. The zero-order valence-corrected chi connectivity index (χ0v) is 16.1. The smallest absolute Gasteiger partial charge is 0.251 e. The van der Waals surface area contributed by atoms with E-state index in [9.17, 15) is 14.0 Å². The number of thioether (sulfide) groups is 1. The second-order valence-electron chi connectivity index (χ2n) is 5.65. The highest BCUT2D eigenvalue weighted by Crippen LogP contribution is 2.28. The van der Waals surface area contributed by atoms with E-state index in [1.54, 1.807) is 42.1 Å². The number of amides is 2. The number of carbonyl (C=O) groups is 2. The first-order valence-electron chi connectivity index (χ1n) is 7.87. The lowest BCUT2D eigenvalue weighted by Crippen LogP contribution is -2.24. The topological polar surface area (TPSA) is 103 Å². The van der Waals surface area contributed by atoms with Gasteiger partial charge in [0.15, 0.2) is 11.0 Å². The Hall–Kier alpha value is -2.72. The molecule has 3 N–H and O–H groups in total. The standard InChI is InChI=1S/C17H16FN5O2S2/c1-9(15(25)20-16-12(13(19)24)7-8-26-16)27-17-22-21-14(23(17)2)10-3-5-11(18)6-4-10/h3-9H,1-2H3,(H2,19,24)(H,20,25)/t9-/m1/s1. The predicted molar refractivity (Wildman–Crippen MR) is 103 cm³/mol. The van der Waals surface area contributed by atoms with Gasteiger partial charge >= 0.3 is 0 Å². The van der Waals surface area contributed by atoms with Crippen molar-refractivity contribution in [2.75, 3.05) is 5.32 Å². The molecule has 3 rings (SSSR count). The summed E-state index contributed by atoms with van der Waals surface area (Å²) >= 11 is 2.45. The van der Waals surface area contributed by atoms with Gasteiger partial charge in [0, 0.05) is 12.6 Å². The number of halogens is 1. The molecule has 3 aromatic rings. The van der Waals surface area contributed by atoms with E-state index in [1.165, 1.54) is 35.2 Å². The first-order valence-corrected chi connectivity index (χ1v) is 9.63. The Kier molecular flexibility index (Phi) is 5.57. The third-order valence-electron chi connectivity index (χ3n) is 3.76. The van der Waals surface area contributed by atoms with Crippen LogP contribution in [0.3, 0.4) is 0 Å². The molecule has 27 heavy (non-hydrogen) atoms. The Morgan fingerprint density at radius 1 is 1.26 bits per heavy atom. The third kappa shape index (κ3) is 4.17. The van der Waals surface area contributed by atoms with Crippen molar-refractivity contribution in [1.29, 1.82) is 0 Å². The zero-order chi connectivity index (χ0) is 19.6. The van der Waals surface area contributed by atoms with E-state index in [1.807, 2.05) is 0 Å². The molecule has 10 heteroatoms. The van der Waals surface area contributed by atoms with Crippen molar-refractivity contribution in [3.8, 4) is 11.4 Å². The van der Waals surface area contributed by atoms with Crippen LogP contribution in [0.2, 0.25) is 0 Å². The number of anilines is 1. The van der Waals surface area contributed by atoms with Crippen molar-refractivity contribution in [2.45, 2.75) is 17.3 Å². The molecule has 0 radical (unpaired) electrons. The minimum Gasteiger partial charge on any atom is -0.366 e. The van der Waals surface area contributed by atoms with E-state index in [0.717, 1.165) is 5.56 Å². The number of aromatic nitrogens is 3. The highest BCUT2D eigenvalue weighted by atomic mass is 32.2. The Morgan fingerprint density at radius 2 is 1.96 bits per heavy atom. The maximum atomic E-state index is 13.1. The SMILES string of the molecule is C[C@@H](Sc1nnc(-c2ccc(F)cc2)n1C)C(=O)Nc1sccc1C(N)=O. The van der Waals surface area contributed by atoms with Gasteiger partial charge in [0.05, 0.1) is 10.8 Å². The molecule has 140 valence electrons. The van der Waals surface area contributed by atoms with Crippen molar-refractivity contribution >= 4 is 39.9 Å². The molecule has 0 aliphatic heterocycles. The van der Waals surface area contributed by atoms with Crippen molar-refractivity contribution in [3.63, 3.8) is 0 Å². The quantitative estimate of drug-likeness (QED) is 0.614. The average Bonchev–Trinajstić information content (AvgIpc) is 3.23. The summed E-state index contributed by atoms with van der Waals surface area (Å²) in [5, 5.41) is 13.1. The molecule has 0 unspecified atom stereocenters. The summed E-state index contributed by atoms with van der Waals surface area (Å²) in [5.74, 6) is -0.635. The van der Waals surface area contributed by atoms with Crippen LogP contribution in [-0.4, -0.2) is 31.8 Å². The largest absolute Gasteiger partial charge is 0.366 e. The molecular formula is C17H16FN5O2S2. The van der Waals surface area contributed by atoms with E-state index < -0.39 is 11.2 Å². The van der Waals surface area contributed by atoms with Crippen LogP contribution in [0, 0.1) is 5.82 Å². The maximum absolute atomic E-state index is 13.1. The predicted octanol–water partition coefficient (Wildman–Crippen LogP) is 2.90. The number of nitrogens with one attached hydrogen (secondary N) is 1. The Labute approximate surface area is 162 Å². The van der Waals surface area contributed by atoms with E-state index in [0.29, 0.717) is 16.0 Å². The fourth-order valence-electron chi connectivity index (χ4n) is 2.29. The monoisotopic (exact) mass is 405 g/mol. The summed E-state index contributed by atoms with van der Waals surface area (Å²) in [6, 6.07) is 7.50. The minimum absolute atomic E-state index is 0.280.